The maximum atomic E-state index is 12.3. The molecule has 4 rings (SSSR count). The Morgan fingerprint density at radius 1 is 1.20 bits per heavy atom. The monoisotopic (exact) mass is 430 g/mol. The van der Waals surface area contributed by atoms with E-state index in [1.165, 1.54) is 30.8 Å². The minimum atomic E-state index is -0.441. The number of carbonyl (C=O) groups is 1. The van der Waals surface area contributed by atoms with Crippen molar-refractivity contribution in [2.75, 3.05) is 18.1 Å². The van der Waals surface area contributed by atoms with Gasteiger partial charge in [0.2, 0.25) is 5.91 Å². The van der Waals surface area contributed by atoms with Gasteiger partial charge < -0.3 is 14.6 Å². The molecule has 1 heterocycles. The third-order valence-corrected chi connectivity index (χ3v) is 6.21. The Morgan fingerprint density at radius 2 is 1.90 bits per heavy atom. The number of nitro groups is 1. The molecule has 2 aromatic rings. The van der Waals surface area contributed by atoms with Crippen LogP contribution >= 0.6 is 11.8 Å². The van der Waals surface area contributed by atoms with Crippen molar-refractivity contribution in [2.24, 2.45) is 0 Å². The Morgan fingerprint density at radius 3 is 2.57 bits per heavy atom. The van der Waals surface area contributed by atoms with Crippen molar-refractivity contribution in [3.8, 4) is 5.75 Å². The number of hydrogen-bond acceptors (Lipinski definition) is 7. The van der Waals surface area contributed by atoms with Crippen molar-refractivity contribution in [3.63, 3.8) is 0 Å². The van der Waals surface area contributed by atoms with Crippen molar-refractivity contribution in [2.45, 2.75) is 48.2 Å². The second-order valence-corrected chi connectivity index (χ2v) is 8.36. The molecule has 1 saturated carbocycles. The number of ether oxygens (including phenoxy) is 2. The van der Waals surface area contributed by atoms with Crippen LogP contribution < -0.4 is 9.64 Å². The number of carbonyl (C=O) groups excluding carboxylic acids is 1. The number of non-ortho nitro benzene ring substituents is 1. The first kappa shape index (κ1) is 20.6. The van der Waals surface area contributed by atoms with E-state index in [2.05, 4.69) is 0 Å². The fraction of sp³-hybridized carbons (Fsp3) is 0.381. The predicted molar refractivity (Wildman–Crippen MR) is 112 cm³/mol. The van der Waals surface area contributed by atoms with Gasteiger partial charge in [0.05, 0.1) is 22.4 Å². The van der Waals surface area contributed by atoms with E-state index in [0.717, 1.165) is 23.4 Å². The quantitative estimate of drug-likeness (QED) is 0.402. The van der Waals surface area contributed by atoms with Crippen LogP contribution in [0.1, 0.15) is 26.2 Å². The number of benzene rings is 2. The summed E-state index contributed by atoms with van der Waals surface area (Å²) in [5, 5.41) is 20.0. The van der Waals surface area contributed by atoms with Crippen molar-refractivity contribution in [1.82, 2.24) is 0 Å². The second-order valence-electron chi connectivity index (χ2n) is 7.28. The Bertz CT molecular complexity index is 976. The lowest BCUT2D eigenvalue weighted by atomic mass is 9.92. The van der Waals surface area contributed by atoms with Crippen LogP contribution in [0.4, 0.5) is 17.1 Å². The van der Waals surface area contributed by atoms with Gasteiger partial charge in [-0.1, -0.05) is 11.8 Å². The summed E-state index contributed by atoms with van der Waals surface area (Å²) >= 11 is 1.39. The van der Waals surface area contributed by atoms with E-state index in [9.17, 15) is 14.9 Å². The number of aliphatic hydroxyl groups is 1. The zero-order chi connectivity index (χ0) is 21.3. The number of nitro benzene ring substituents is 1. The maximum Gasteiger partial charge on any atom is 0.270 e. The Kier molecular flexibility index (Phi) is 5.94. The Hall–Kier alpha value is -2.62. The van der Waals surface area contributed by atoms with Gasteiger partial charge in [-0.3, -0.25) is 19.8 Å². The normalized spacial score (nSPS) is 19.5. The number of aliphatic hydroxyl groups excluding tert-OH is 1. The molecule has 158 valence electrons. The van der Waals surface area contributed by atoms with Crippen LogP contribution in [0, 0.1) is 10.1 Å². The van der Waals surface area contributed by atoms with E-state index in [-0.39, 0.29) is 30.4 Å². The van der Waals surface area contributed by atoms with Gasteiger partial charge in [-0.15, -0.1) is 0 Å². The molecule has 0 atom stereocenters. The smallest absolute Gasteiger partial charge is 0.270 e. The van der Waals surface area contributed by atoms with E-state index in [1.807, 2.05) is 18.2 Å². The molecule has 0 aromatic heterocycles. The zero-order valence-electron chi connectivity index (χ0n) is 16.4. The van der Waals surface area contributed by atoms with Gasteiger partial charge in [0.15, 0.2) is 0 Å². The fourth-order valence-electron chi connectivity index (χ4n) is 3.56. The average Bonchev–Trinajstić information content (AvgIpc) is 2.69. The third kappa shape index (κ3) is 4.14. The van der Waals surface area contributed by atoms with Crippen molar-refractivity contribution >= 4 is 34.7 Å². The summed E-state index contributed by atoms with van der Waals surface area (Å²) in [4.78, 5) is 26.1. The summed E-state index contributed by atoms with van der Waals surface area (Å²) in [5.74, 6) is 0.527. The maximum absolute atomic E-state index is 12.3. The molecule has 30 heavy (non-hydrogen) atoms. The first-order valence-electron chi connectivity index (χ1n) is 9.76. The highest BCUT2D eigenvalue weighted by atomic mass is 32.2. The molecule has 0 unspecified atom stereocenters. The van der Waals surface area contributed by atoms with Gasteiger partial charge >= 0.3 is 0 Å². The first-order valence-corrected chi connectivity index (χ1v) is 10.6. The molecule has 0 radical (unpaired) electrons. The van der Waals surface area contributed by atoms with Crippen LogP contribution in [-0.2, 0) is 9.53 Å². The number of rotatable bonds is 7. The number of nitrogens with zero attached hydrogens (tertiary/aromatic N) is 2. The van der Waals surface area contributed by atoms with E-state index >= 15 is 0 Å². The van der Waals surface area contributed by atoms with Crippen molar-refractivity contribution in [1.29, 1.82) is 0 Å². The van der Waals surface area contributed by atoms with Gasteiger partial charge in [0.1, 0.15) is 11.9 Å². The van der Waals surface area contributed by atoms with Crippen LogP contribution in [0.3, 0.4) is 0 Å². The molecule has 2 aliphatic rings. The SMILES string of the molecule is CC(=O)N1c2ccc(OC3CC(OCCCO)C3)cc2Sc2cc([N+](=O)[O-])ccc21. The minimum Gasteiger partial charge on any atom is -0.490 e. The molecule has 1 amide bonds. The average molecular weight is 430 g/mol. The van der Waals surface area contributed by atoms with Crippen LogP contribution in [0.5, 0.6) is 5.75 Å². The standard InChI is InChI=1S/C21H22N2O6S/c1-13(25)22-18-5-3-14(23(26)27)9-20(18)30-21-12-15(4-6-19(21)22)29-17-10-16(11-17)28-8-2-7-24/h3-6,9,12,16-17,24H,2,7-8,10-11H2,1H3. The molecule has 2 aromatic carbocycles. The summed E-state index contributed by atoms with van der Waals surface area (Å²) in [6.07, 6.45) is 2.45. The fourth-order valence-corrected chi connectivity index (χ4v) is 4.68. The molecule has 1 aliphatic heterocycles. The molecule has 1 fully saturated rings. The topological polar surface area (TPSA) is 102 Å². The lowest BCUT2D eigenvalue weighted by molar-refractivity contribution is -0.385. The lowest BCUT2D eigenvalue weighted by Crippen LogP contribution is -2.39. The molecule has 0 spiro atoms. The number of hydrogen-bond donors (Lipinski definition) is 1. The molecule has 1 N–H and O–H groups in total. The van der Waals surface area contributed by atoms with Crippen molar-refractivity contribution in [3.05, 3.63) is 46.5 Å². The van der Waals surface area contributed by atoms with Crippen LogP contribution in [0.25, 0.3) is 0 Å². The predicted octanol–water partition coefficient (Wildman–Crippen LogP) is 4.05. The second kappa shape index (κ2) is 8.63. The number of anilines is 2. The van der Waals surface area contributed by atoms with E-state index in [0.29, 0.717) is 29.4 Å². The van der Waals surface area contributed by atoms with Crippen LogP contribution in [0.2, 0.25) is 0 Å². The van der Waals surface area contributed by atoms with Gasteiger partial charge in [-0.2, -0.15) is 0 Å². The van der Waals surface area contributed by atoms with E-state index < -0.39 is 4.92 Å². The Labute approximate surface area is 177 Å². The highest BCUT2D eigenvalue weighted by molar-refractivity contribution is 7.99. The largest absolute Gasteiger partial charge is 0.490 e. The summed E-state index contributed by atoms with van der Waals surface area (Å²) in [6.45, 7) is 2.15. The summed E-state index contributed by atoms with van der Waals surface area (Å²) < 4.78 is 11.7. The molecule has 0 bridgehead atoms. The van der Waals surface area contributed by atoms with Crippen LogP contribution in [0.15, 0.2) is 46.2 Å². The summed E-state index contributed by atoms with van der Waals surface area (Å²) in [6, 6.07) is 10.1. The van der Waals surface area contributed by atoms with Gasteiger partial charge in [0.25, 0.3) is 5.69 Å². The number of fused-ring (bicyclic) bond motifs is 2. The molecule has 1 aliphatic carbocycles. The van der Waals surface area contributed by atoms with Crippen molar-refractivity contribution < 1.29 is 24.3 Å². The zero-order valence-corrected chi connectivity index (χ0v) is 17.3. The van der Waals surface area contributed by atoms with Crippen LogP contribution in [-0.4, -0.2) is 41.4 Å². The molecule has 8 nitrogen and oxygen atoms in total. The highest BCUT2D eigenvalue weighted by Crippen LogP contribution is 2.50. The Balaban J connectivity index is 1.50. The lowest BCUT2D eigenvalue weighted by Gasteiger charge is -2.35. The van der Waals surface area contributed by atoms with Gasteiger partial charge in [0, 0.05) is 54.9 Å². The molecular formula is C21H22N2O6S. The molecular weight excluding hydrogens is 408 g/mol. The molecule has 0 saturated heterocycles. The first-order chi connectivity index (χ1) is 14.5. The molecule has 9 heteroatoms. The minimum absolute atomic E-state index is 0.0117. The van der Waals surface area contributed by atoms with Gasteiger partial charge in [-0.05, 0) is 30.7 Å². The van der Waals surface area contributed by atoms with Gasteiger partial charge in [-0.25, -0.2) is 0 Å². The van der Waals surface area contributed by atoms with E-state index in [1.54, 1.807) is 11.0 Å². The summed E-state index contributed by atoms with van der Waals surface area (Å²) in [5.41, 5.74) is 1.36. The summed E-state index contributed by atoms with van der Waals surface area (Å²) in [7, 11) is 0. The number of amides is 1. The third-order valence-electron chi connectivity index (χ3n) is 5.11. The van der Waals surface area contributed by atoms with E-state index in [4.69, 9.17) is 14.6 Å². The highest BCUT2D eigenvalue weighted by Gasteiger charge is 2.32.